The number of carbonyl (C=O) groups is 1. The molecule has 0 saturated heterocycles. The molecule has 3 rings (SSSR count). The fraction of sp³-hybridized carbons (Fsp3) is 0.125. The molecule has 2 aromatic carbocycles. The molecule has 0 saturated carbocycles. The Hall–Kier alpha value is -3.36. The number of halogens is 2. The number of hydrogen-bond donors (Lipinski definition) is 1. The summed E-state index contributed by atoms with van der Waals surface area (Å²) in [5.74, 6) is -1.54. The average molecular weight is 345 g/mol. The molecule has 9 heteroatoms. The SMILES string of the molecule is COc1ccc(-n2nnc(C(=O)NCc3ccc(F)cc3F)n2)cc1. The summed E-state index contributed by atoms with van der Waals surface area (Å²) in [7, 11) is 1.55. The first-order valence-corrected chi connectivity index (χ1v) is 7.23. The molecular formula is C16H13F2N5O2. The van der Waals surface area contributed by atoms with Crippen molar-refractivity contribution in [3.05, 3.63) is 65.5 Å². The zero-order valence-electron chi connectivity index (χ0n) is 13.1. The molecule has 0 unspecified atom stereocenters. The number of nitrogens with zero attached hydrogens (tertiary/aromatic N) is 4. The van der Waals surface area contributed by atoms with Crippen LogP contribution in [0.15, 0.2) is 42.5 Å². The summed E-state index contributed by atoms with van der Waals surface area (Å²) in [5.41, 5.74) is 0.745. The number of benzene rings is 2. The van der Waals surface area contributed by atoms with Crippen LogP contribution in [-0.2, 0) is 6.54 Å². The molecular weight excluding hydrogens is 332 g/mol. The number of hydrogen-bond acceptors (Lipinski definition) is 5. The monoisotopic (exact) mass is 345 g/mol. The van der Waals surface area contributed by atoms with Crippen LogP contribution in [0.25, 0.3) is 5.69 Å². The Labute approximate surface area is 141 Å². The Morgan fingerprint density at radius 3 is 2.64 bits per heavy atom. The molecule has 0 fully saturated rings. The lowest BCUT2D eigenvalue weighted by atomic mass is 10.2. The first kappa shape index (κ1) is 16.5. The number of methoxy groups -OCH3 is 1. The van der Waals surface area contributed by atoms with Gasteiger partial charge in [-0.25, -0.2) is 8.78 Å². The molecule has 1 aromatic heterocycles. The van der Waals surface area contributed by atoms with Crippen molar-refractivity contribution in [3.63, 3.8) is 0 Å². The molecule has 0 radical (unpaired) electrons. The van der Waals surface area contributed by atoms with Crippen molar-refractivity contribution in [2.75, 3.05) is 7.11 Å². The number of tetrazole rings is 1. The Morgan fingerprint density at radius 2 is 1.96 bits per heavy atom. The largest absolute Gasteiger partial charge is 0.497 e. The van der Waals surface area contributed by atoms with Crippen LogP contribution in [0.5, 0.6) is 5.75 Å². The van der Waals surface area contributed by atoms with E-state index in [1.54, 1.807) is 31.4 Å². The van der Waals surface area contributed by atoms with Crippen LogP contribution in [0, 0.1) is 11.6 Å². The molecule has 128 valence electrons. The predicted molar refractivity (Wildman–Crippen MR) is 83.2 cm³/mol. The number of aromatic nitrogens is 4. The Morgan fingerprint density at radius 1 is 1.20 bits per heavy atom. The highest BCUT2D eigenvalue weighted by atomic mass is 19.1. The van der Waals surface area contributed by atoms with Gasteiger partial charge in [-0.2, -0.15) is 0 Å². The quantitative estimate of drug-likeness (QED) is 0.763. The maximum absolute atomic E-state index is 13.5. The van der Waals surface area contributed by atoms with E-state index < -0.39 is 17.5 Å². The lowest BCUT2D eigenvalue weighted by molar-refractivity contribution is 0.0940. The zero-order chi connectivity index (χ0) is 17.8. The van der Waals surface area contributed by atoms with E-state index in [1.807, 2.05) is 0 Å². The van der Waals surface area contributed by atoms with E-state index in [4.69, 9.17) is 4.74 Å². The maximum Gasteiger partial charge on any atom is 0.293 e. The highest BCUT2D eigenvalue weighted by Gasteiger charge is 2.14. The van der Waals surface area contributed by atoms with Crippen LogP contribution in [-0.4, -0.2) is 33.2 Å². The van der Waals surface area contributed by atoms with Crippen molar-refractivity contribution in [2.24, 2.45) is 0 Å². The minimum absolute atomic E-state index is 0.123. The van der Waals surface area contributed by atoms with Crippen LogP contribution in [0.1, 0.15) is 16.2 Å². The third kappa shape index (κ3) is 3.77. The molecule has 1 N–H and O–H groups in total. The summed E-state index contributed by atoms with van der Waals surface area (Å²) in [6.45, 7) is -0.123. The smallest absolute Gasteiger partial charge is 0.293 e. The molecule has 0 atom stereocenters. The van der Waals surface area contributed by atoms with Gasteiger partial charge in [-0.1, -0.05) is 6.07 Å². The highest BCUT2D eigenvalue weighted by molar-refractivity contribution is 5.90. The molecule has 1 heterocycles. The number of amides is 1. The third-order valence-corrected chi connectivity index (χ3v) is 3.37. The molecule has 0 bridgehead atoms. The van der Waals surface area contributed by atoms with E-state index in [0.717, 1.165) is 12.1 Å². The second kappa shape index (κ2) is 7.04. The van der Waals surface area contributed by atoms with Gasteiger partial charge in [-0.15, -0.1) is 15.0 Å². The number of rotatable bonds is 5. The van der Waals surface area contributed by atoms with Crippen molar-refractivity contribution < 1.29 is 18.3 Å². The lowest BCUT2D eigenvalue weighted by Crippen LogP contribution is -2.24. The minimum atomic E-state index is -0.741. The van der Waals surface area contributed by atoms with Gasteiger partial charge in [0.15, 0.2) is 0 Å². The predicted octanol–water partition coefficient (Wildman–Crippen LogP) is 1.88. The minimum Gasteiger partial charge on any atom is -0.497 e. The maximum atomic E-state index is 13.5. The summed E-state index contributed by atoms with van der Waals surface area (Å²) in [5, 5.41) is 13.9. The molecule has 1 amide bonds. The van der Waals surface area contributed by atoms with Gasteiger partial charge in [-0.3, -0.25) is 4.79 Å². The van der Waals surface area contributed by atoms with Gasteiger partial charge in [0.1, 0.15) is 17.4 Å². The Bertz CT molecular complexity index is 896. The van der Waals surface area contributed by atoms with Gasteiger partial charge >= 0.3 is 0 Å². The van der Waals surface area contributed by atoms with E-state index in [0.29, 0.717) is 11.4 Å². The Balaban J connectivity index is 1.67. The second-order valence-electron chi connectivity index (χ2n) is 5.02. The molecule has 0 aliphatic rings. The fourth-order valence-electron chi connectivity index (χ4n) is 2.05. The third-order valence-electron chi connectivity index (χ3n) is 3.37. The van der Waals surface area contributed by atoms with Gasteiger partial charge in [0.25, 0.3) is 11.7 Å². The van der Waals surface area contributed by atoms with Gasteiger partial charge in [0.05, 0.1) is 12.8 Å². The van der Waals surface area contributed by atoms with Crippen molar-refractivity contribution in [2.45, 2.75) is 6.54 Å². The molecule has 3 aromatic rings. The summed E-state index contributed by atoms with van der Waals surface area (Å²) in [6, 6.07) is 9.97. The van der Waals surface area contributed by atoms with Gasteiger partial charge in [0, 0.05) is 18.2 Å². The van der Waals surface area contributed by atoms with Gasteiger partial charge in [0.2, 0.25) is 0 Å². The standard InChI is InChI=1S/C16H13F2N5O2/c1-25-13-6-4-12(5-7-13)23-21-15(20-22-23)16(24)19-9-10-2-3-11(17)8-14(10)18/h2-8H,9H2,1H3,(H,19,24). The van der Waals surface area contributed by atoms with Crippen LogP contribution in [0.3, 0.4) is 0 Å². The summed E-state index contributed by atoms with van der Waals surface area (Å²) >= 11 is 0. The lowest BCUT2D eigenvalue weighted by Gasteiger charge is -2.04. The average Bonchev–Trinajstić information content (AvgIpc) is 3.11. The molecule has 0 aliphatic carbocycles. The van der Waals surface area contributed by atoms with E-state index in [2.05, 4.69) is 20.7 Å². The molecule has 0 aliphatic heterocycles. The van der Waals surface area contributed by atoms with E-state index in [9.17, 15) is 13.6 Å². The van der Waals surface area contributed by atoms with Crippen LogP contribution in [0.4, 0.5) is 8.78 Å². The topological polar surface area (TPSA) is 81.9 Å². The first-order chi connectivity index (χ1) is 12.1. The van der Waals surface area contributed by atoms with Crippen molar-refractivity contribution in [1.82, 2.24) is 25.5 Å². The Kier molecular flexibility index (Phi) is 4.64. The molecule has 25 heavy (non-hydrogen) atoms. The summed E-state index contributed by atoms with van der Waals surface area (Å²) in [6.07, 6.45) is 0. The normalized spacial score (nSPS) is 10.5. The van der Waals surface area contributed by atoms with Crippen molar-refractivity contribution >= 4 is 5.91 Å². The van der Waals surface area contributed by atoms with Gasteiger partial charge < -0.3 is 10.1 Å². The second-order valence-corrected chi connectivity index (χ2v) is 5.02. The van der Waals surface area contributed by atoms with E-state index in [-0.39, 0.29) is 17.9 Å². The van der Waals surface area contributed by atoms with E-state index in [1.165, 1.54) is 10.9 Å². The highest BCUT2D eigenvalue weighted by Crippen LogP contribution is 2.13. The summed E-state index contributed by atoms with van der Waals surface area (Å²) in [4.78, 5) is 13.2. The fourth-order valence-corrected chi connectivity index (χ4v) is 2.05. The van der Waals surface area contributed by atoms with Crippen molar-refractivity contribution in [1.29, 1.82) is 0 Å². The van der Waals surface area contributed by atoms with Crippen LogP contribution in [0.2, 0.25) is 0 Å². The van der Waals surface area contributed by atoms with Crippen LogP contribution < -0.4 is 10.1 Å². The molecule has 7 nitrogen and oxygen atoms in total. The van der Waals surface area contributed by atoms with Crippen molar-refractivity contribution in [3.8, 4) is 11.4 Å². The molecule has 0 spiro atoms. The van der Waals surface area contributed by atoms with E-state index >= 15 is 0 Å². The number of carbonyl (C=O) groups excluding carboxylic acids is 1. The summed E-state index contributed by atoms with van der Waals surface area (Å²) < 4.78 is 31.5. The first-order valence-electron chi connectivity index (χ1n) is 7.23. The van der Waals surface area contributed by atoms with Crippen LogP contribution >= 0.6 is 0 Å². The van der Waals surface area contributed by atoms with Gasteiger partial charge in [-0.05, 0) is 35.5 Å². The zero-order valence-corrected chi connectivity index (χ0v) is 13.1. The number of ether oxygens (including phenoxy) is 1. The number of nitrogens with one attached hydrogen (secondary N) is 1.